The average molecular weight is 296 g/mol. The quantitative estimate of drug-likeness (QED) is 0.720. The van der Waals surface area contributed by atoms with Crippen LogP contribution in [0, 0.1) is 0 Å². The van der Waals surface area contributed by atoms with E-state index in [2.05, 4.69) is 0 Å². The van der Waals surface area contributed by atoms with Gasteiger partial charge in [0, 0.05) is 12.7 Å². The zero-order valence-electron chi connectivity index (χ0n) is 13.0. The number of phenols is 1. The largest absolute Gasteiger partial charge is 0.508 e. The topological polar surface area (TPSA) is 87.0 Å². The lowest BCUT2D eigenvalue weighted by molar-refractivity contribution is -0.0157. The summed E-state index contributed by atoms with van der Waals surface area (Å²) in [6.45, 7) is 5.33. The maximum Gasteiger partial charge on any atom is 0.335 e. The Morgan fingerprint density at radius 1 is 1.24 bits per heavy atom. The second-order valence-electron chi connectivity index (χ2n) is 6.14. The average Bonchev–Trinajstić information content (AvgIpc) is 2.36. The number of hydrogen-bond donors (Lipinski definition) is 3. The molecule has 0 bridgehead atoms. The molecule has 1 aromatic rings. The molecule has 0 heterocycles. The van der Waals surface area contributed by atoms with Gasteiger partial charge in [0.2, 0.25) is 0 Å². The van der Waals surface area contributed by atoms with Gasteiger partial charge in [-0.2, -0.15) is 0 Å². The van der Waals surface area contributed by atoms with Gasteiger partial charge in [0.15, 0.2) is 0 Å². The van der Waals surface area contributed by atoms with Gasteiger partial charge in [-0.15, -0.1) is 0 Å². The van der Waals surface area contributed by atoms with Crippen molar-refractivity contribution in [1.29, 1.82) is 0 Å². The van der Waals surface area contributed by atoms with Gasteiger partial charge in [0.1, 0.15) is 5.75 Å². The molecule has 0 spiro atoms. The van der Waals surface area contributed by atoms with Gasteiger partial charge < -0.3 is 20.1 Å². The molecule has 118 valence electrons. The molecule has 0 aromatic heterocycles. The maximum absolute atomic E-state index is 10.9. The molecule has 1 rings (SSSR count). The fraction of sp³-hybridized carbons (Fsp3) is 0.562. The lowest BCUT2D eigenvalue weighted by atomic mass is 9.87. The van der Waals surface area contributed by atoms with E-state index in [0.29, 0.717) is 24.8 Å². The second kappa shape index (κ2) is 6.45. The fourth-order valence-corrected chi connectivity index (χ4v) is 2.32. The third-order valence-corrected chi connectivity index (χ3v) is 3.71. The number of carboxylic acid groups (broad SMARTS) is 1. The Balaban J connectivity index is 2.95. The summed E-state index contributed by atoms with van der Waals surface area (Å²) in [5.41, 5.74) is -0.895. The minimum Gasteiger partial charge on any atom is -0.508 e. The predicted octanol–water partition coefficient (Wildman–Crippen LogP) is 2.89. The number of carbonyl (C=O) groups is 1. The third-order valence-electron chi connectivity index (χ3n) is 3.71. The molecule has 3 N–H and O–H groups in total. The number of aromatic carboxylic acids is 1. The Morgan fingerprint density at radius 3 is 2.29 bits per heavy atom. The van der Waals surface area contributed by atoms with E-state index in [9.17, 15) is 15.0 Å². The smallest absolute Gasteiger partial charge is 0.335 e. The van der Waals surface area contributed by atoms with Crippen LogP contribution >= 0.6 is 0 Å². The zero-order valence-corrected chi connectivity index (χ0v) is 13.0. The lowest BCUT2D eigenvalue weighted by Crippen LogP contribution is -2.26. The summed E-state index contributed by atoms with van der Waals surface area (Å²) in [4.78, 5) is 10.9. The second-order valence-corrected chi connectivity index (χ2v) is 6.14. The van der Waals surface area contributed by atoms with Crippen molar-refractivity contribution >= 4 is 5.97 Å². The molecule has 21 heavy (non-hydrogen) atoms. The Hall–Kier alpha value is -1.59. The van der Waals surface area contributed by atoms with Crippen LogP contribution in [0.1, 0.15) is 56.0 Å². The minimum absolute atomic E-state index is 0.0335. The Labute approximate surface area is 125 Å². The standard InChI is InChI=1S/C16H24O5/c1-15(2,20)8-5-9-16(3,21-4)12-7-6-11(14(18)19)10-13(12)17/h6-7,10,17,20H,5,8-9H2,1-4H3,(H,18,19)/t16-/m1/s1. The Morgan fingerprint density at radius 2 is 1.86 bits per heavy atom. The molecule has 0 radical (unpaired) electrons. The van der Waals surface area contributed by atoms with Gasteiger partial charge >= 0.3 is 5.97 Å². The van der Waals surface area contributed by atoms with Crippen molar-refractivity contribution in [2.75, 3.05) is 7.11 Å². The van der Waals surface area contributed by atoms with Crippen molar-refractivity contribution in [3.63, 3.8) is 0 Å². The van der Waals surface area contributed by atoms with E-state index in [4.69, 9.17) is 9.84 Å². The highest BCUT2D eigenvalue weighted by molar-refractivity contribution is 5.88. The first kappa shape index (κ1) is 17.5. The predicted molar refractivity (Wildman–Crippen MR) is 79.6 cm³/mol. The molecule has 0 saturated carbocycles. The summed E-state index contributed by atoms with van der Waals surface area (Å²) in [6.07, 6.45) is 1.93. The SMILES string of the molecule is CO[C@](C)(CCCC(C)(C)O)c1ccc(C(=O)O)cc1O. The summed E-state index contributed by atoms with van der Waals surface area (Å²) >= 11 is 0. The van der Waals surface area contributed by atoms with Crippen molar-refractivity contribution in [3.8, 4) is 5.75 Å². The van der Waals surface area contributed by atoms with Crippen LogP contribution in [0.3, 0.4) is 0 Å². The number of aromatic hydroxyl groups is 1. The molecular weight excluding hydrogens is 272 g/mol. The van der Waals surface area contributed by atoms with Crippen LogP contribution < -0.4 is 0 Å². The van der Waals surface area contributed by atoms with Crippen LogP contribution in [0.15, 0.2) is 18.2 Å². The minimum atomic E-state index is -1.09. The van der Waals surface area contributed by atoms with Crippen LogP contribution in [0.4, 0.5) is 0 Å². The van der Waals surface area contributed by atoms with E-state index in [1.807, 2.05) is 6.92 Å². The first-order valence-electron chi connectivity index (χ1n) is 6.93. The van der Waals surface area contributed by atoms with E-state index in [-0.39, 0.29) is 11.3 Å². The van der Waals surface area contributed by atoms with Crippen LogP contribution in [-0.2, 0) is 10.3 Å². The summed E-state index contributed by atoms with van der Waals surface area (Å²) in [6, 6.07) is 4.25. The van der Waals surface area contributed by atoms with E-state index in [0.717, 1.165) is 0 Å². The highest BCUT2D eigenvalue weighted by Crippen LogP contribution is 2.37. The van der Waals surface area contributed by atoms with Gasteiger partial charge in [-0.3, -0.25) is 0 Å². The molecule has 0 aliphatic carbocycles. The van der Waals surface area contributed by atoms with Crippen molar-refractivity contribution < 1.29 is 24.9 Å². The van der Waals surface area contributed by atoms with Crippen molar-refractivity contribution in [3.05, 3.63) is 29.3 Å². The van der Waals surface area contributed by atoms with Gasteiger partial charge in [-0.25, -0.2) is 4.79 Å². The number of methoxy groups -OCH3 is 1. The first-order chi connectivity index (χ1) is 9.59. The van der Waals surface area contributed by atoms with Crippen molar-refractivity contribution in [2.24, 2.45) is 0 Å². The molecular formula is C16H24O5. The van der Waals surface area contributed by atoms with E-state index in [1.54, 1.807) is 27.0 Å². The molecule has 0 amide bonds. The lowest BCUT2D eigenvalue weighted by Gasteiger charge is -2.30. The molecule has 0 saturated heterocycles. The van der Waals surface area contributed by atoms with Gasteiger partial charge in [0.05, 0.1) is 16.8 Å². The van der Waals surface area contributed by atoms with Gasteiger partial charge in [-0.05, 0) is 52.2 Å². The summed E-state index contributed by atoms with van der Waals surface area (Å²) in [5.74, 6) is -1.18. The van der Waals surface area contributed by atoms with Gasteiger partial charge in [-0.1, -0.05) is 6.07 Å². The third kappa shape index (κ3) is 4.72. The summed E-state index contributed by atoms with van der Waals surface area (Å²) < 4.78 is 5.53. The zero-order chi connectivity index (χ0) is 16.3. The number of phenolic OH excluding ortho intramolecular Hbond substituents is 1. The maximum atomic E-state index is 10.9. The first-order valence-corrected chi connectivity index (χ1v) is 6.93. The molecule has 1 atom stereocenters. The molecule has 0 unspecified atom stereocenters. The number of benzene rings is 1. The van der Waals surface area contributed by atoms with E-state index >= 15 is 0 Å². The number of ether oxygens (including phenoxy) is 1. The van der Waals surface area contributed by atoms with Gasteiger partial charge in [0.25, 0.3) is 0 Å². The van der Waals surface area contributed by atoms with Crippen LogP contribution in [0.2, 0.25) is 0 Å². The van der Waals surface area contributed by atoms with E-state index < -0.39 is 17.2 Å². The van der Waals surface area contributed by atoms with Crippen molar-refractivity contribution in [1.82, 2.24) is 0 Å². The fourth-order valence-electron chi connectivity index (χ4n) is 2.32. The highest BCUT2D eigenvalue weighted by atomic mass is 16.5. The van der Waals surface area contributed by atoms with Crippen LogP contribution in [-0.4, -0.2) is 34.0 Å². The molecule has 1 aromatic carbocycles. The van der Waals surface area contributed by atoms with Crippen LogP contribution in [0.25, 0.3) is 0 Å². The highest BCUT2D eigenvalue weighted by Gasteiger charge is 2.30. The normalized spacial score (nSPS) is 14.7. The monoisotopic (exact) mass is 296 g/mol. The number of hydrogen-bond acceptors (Lipinski definition) is 4. The molecule has 0 aliphatic heterocycles. The molecule has 0 aliphatic rings. The molecule has 0 fully saturated rings. The van der Waals surface area contributed by atoms with Crippen molar-refractivity contribution in [2.45, 2.75) is 51.2 Å². The number of aliphatic hydroxyl groups is 1. The van der Waals surface area contributed by atoms with E-state index in [1.165, 1.54) is 12.1 Å². The number of rotatable bonds is 7. The molecule has 5 heteroatoms. The molecule has 5 nitrogen and oxygen atoms in total. The Kier molecular flexibility index (Phi) is 5.36. The summed E-state index contributed by atoms with van der Waals surface area (Å²) in [5, 5.41) is 28.7. The number of carboxylic acids is 1. The van der Waals surface area contributed by atoms with Crippen LogP contribution in [0.5, 0.6) is 5.75 Å². The summed E-state index contributed by atoms with van der Waals surface area (Å²) in [7, 11) is 1.55. The Bertz CT molecular complexity index is 504.